The van der Waals surface area contributed by atoms with Gasteiger partial charge in [0, 0.05) is 19.4 Å². The van der Waals surface area contributed by atoms with Crippen molar-refractivity contribution in [1.29, 1.82) is 0 Å². The predicted molar refractivity (Wildman–Crippen MR) is 132 cm³/mol. The molecule has 3 saturated heterocycles. The first-order chi connectivity index (χ1) is 19.7. The van der Waals surface area contributed by atoms with E-state index < -0.39 is 74.8 Å². The fourth-order valence-electron chi connectivity index (χ4n) is 5.04. The van der Waals surface area contributed by atoms with Crippen LogP contribution < -0.4 is 17.0 Å². The molecule has 3 aliphatic heterocycles. The van der Waals surface area contributed by atoms with Crippen LogP contribution in [-0.2, 0) is 37.3 Å². The maximum Gasteiger partial charge on any atom is 0.472 e. The highest BCUT2D eigenvalue weighted by Gasteiger charge is 2.53. The number of nitrogens with one attached hydrogen (secondary N) is 1. The van der Waals surface area contributed by atoms with Crippen LogP contribution in [0.25, 0.3) is 11.2 Å². The number of ether oxygens (including phenoxy) is 5. The highest BCUT2D eigenvalue weighted by atomic mass is 31.2. The van der Waals surface area contributed by atoms with Crippen LogP contribution in [-0.4, -0.2) is 103 Å². The van der Waals surface area contributed by atoms with Crippen molar-refractivity contribution in [2.75, 3.05) is 32.9 Å². The molecule has 222 valence electrons. The van der Waals surface area contributed by atoms with Gasteiger partial charge in [-0.1, -0.05) is 0 Å². The standard InChI is InChI=1S/C21H26N7O12P/c1-34-4-9-13(30)15(19(38-9)27-3-2-11(29)26-21(27)31)40-41(32,33)37-5-10-14-16(36-8-35-14)20(39-10)28-7-25-12-17(22)23-6-24-18(12)28/h2-3,6-7,9-10,13-16,19-20,30H,4-5,8H2,1H3,(H,32,33)(H2,22,23,24)(H,26,29,31)/t9-,10-,13-,14-,15-,16-,19-,20-/m1/s1. The lowest BCUT2D eigenvalue weighted by atomic mass is 10.1. The van der Waals surface area contributed by atoms with Crippen LogP contribution in [0.3, 0.4) is 0 Å². The van der Waals surface area contributed by atoms with Crippen molar-refractivity contribution in [3.63, 3.8) is 0 Å². The molecule has 0 saturated carbocycles. The summed E-state index contributed by atoms with van der Waals surface area (Å²) in [4.78, 5) is 48.9. The second-order valence-electron chi connectivity index (χ2n) is 9.39. The summed E-state index contributed by atoms with van der Waals surface area (Å²) < 4.78 is 54.2. The summed E-state index contributed by atoms with van der Waals surface area (Å²) in [5.41, 5.74) is 5.07. The first-order valence-corrected chi connectivity index (χ1v) is 13.8. The molecular weight excluding hydrogens is 573 g/mol. The molecule has 3 fully saturated rings. The maximum atomic E-state index is 13.1. The van der Waals surface area contributed by atoms with Crippen molar-refractivity contribution in [3.05, 3.63) is 45.8 Å². The van der Waals surface area contributed by atoms with Crippen LogP contribution in [0.15, 0.2) is 34.5 Å². The highest BCUT2D eigenvalue weighted by Crippen LogP contribution is 2.50. The van der Waals surface area contributed by atoms with Crippen LogP contribution >= 0.6 is 7.82 Å². The number of aromatic nitrogens is 6. The van der Waals surface area contributed by atoms with E-state index in [1.165, 1.54) is 19.8 Å². The lowest BCUT2D eigenvalue weighted by Gasteiger charge is -2.25. The number of phosphoric acid groups is 1. The quantitative estimate of drug-likeness (QED) is 0.194. The molecule has 5 N–H and O–H groups in total. The van der Waals surface area contributed by atoms with E-state index in [0.29, 0.717) is 11.2 Å². The molecule has 0 radical (unpaired) electrons. The minimum Gasteiger partial charge on any atom is -0.387 e. The third-order valence-electron chi connectivity index (χ3n) is 6.89. The van der Waals surface area contributed by atoms with E-state index in [0.717, 1.165) is 16.8 Å². The Hall–Kier alpha value is -3.10. The Balaban J connectivity index is 1.18. The first-order valence-electron chi connectivity index (χ1n) is 12.3. The van der Waals surface area contributed by atoms with Gasteiger partial charge in [0.05, 0.1) is 19.5 Å². The third kappa shape index (κ3) is 5.21. The van der Waals surface area contributed by atoms with E-state index in [1.807, 2.05) is 0 Å². The van der Waals surface area contributed by atoms with Crippen LogP contribution in [0, 0.1) is 0 Å². The number of hydrogen-bond donors (Lipinski definition) is 4. The van der Waals surface area contributed by atoms with Gasteiger partial charge < -0.3 is 39.4 Å². The van der Waals surface area contributed by atoms with Crippen LogP contribution in [0.5, 0.6) is 0 Å². The van der Waals surface area contributed by atoms with Crippen molar-refractivity contribution >= 4 is 24.8 Å². The Morgan fingerprint density at radius 1 is 1.12 bits per heavy atom. The number of aliphatic hydroxyl groups excluding tert-OH is 1. The first kappa shape index (κ1) is 28.0. The average molecular weight is 599 g/mol. The zero-order valence-corrected chi connectivity index (χ0v) is 22.2. The number of hydrogen-bond acceptors (Lipinski definition) is 15. The monoisotopic (exact) mass is 599 g/mol. The van der Waals surface area contributed by atoms with Crippen molar-refractivity contribution in [2.45, 2.75) is 49.1 Å². The molecule has 19 nitrogen and oxygen atoms in total. The lowest BCUT2D eigenvalue weighted by Crippen LogP contribution is -2.39. The number of imidazole rings is 1. The fraction of sp³-hybridized carbons (Fsp3) is 0.571. The largest absolute Gasteiger partial charge is 0.472 e. The van der Waals surface area contributed by atoms with Crippen LogP contribution in [0.2, 0.25) is 0 Å². The molecule has 3 aromatic rings. The average Bonchev–Trinajstić information content (AvgIpc) is 3.69. The van der Waals surface area contributed by atoms with Gasteiger partial charge in [0.15, 0.2) is 23.9 Å². The molecule has 9 atom stereocenters. The SMILES string of the molecule is COC[C@H]1O[C@@H](n2ccc(=O)[nH]c2=O)[C@H](OP(=O)(O)OC[C@H]2O[C@@H](n3cnc4c(N)ncnc43)[C@@H]3OCO[C@@H]32)[C@@H]1O. The number of nitrogen functional groups attached to an aromatic ring is 1. The van der Waals surface area contributed by atoms with Gasteiger partial charge in [-0.3, -0.25) is 28.0 Å². The molecule has 20 heteroatoms. The van der Waals surface area contributed by atoms with E-state index in [1.54, 1.807) is 4.57 Å². The summed E-state index contributed by atoms with van der Waals surface area (Å²) in [5.74, 6) is 0.179. The van der Waals surface area contributed by atoms with E-state index in [4.69, 9.17) is 38.5 Å². The number of aromatic amines is 1. The zero-order valence-electron chi connectivity index (χ0n) is 21.3. The molecule has 3 aromatic heterocycles. The minimum atomic E-state index is -4.92. The Bertz CT molecular complexity index is 1580. The van der Waals surface area contributed by atoms with E-state index in [9.17, 15) is 24.2 Å². The molecule has 6 rings (SSSR count). The maximum absolute atomic E-state index is 13.1. The number of anilines is 1. The number of fused-ring (bicyclic) bond motifs is 2. The van der Waals surface area contributed by atoms with Crippen molar-refractivity contribution < 1.29 is 47.3 Å². The molecule has 0 amide bonds. The third-order valence-corrected chi connectivity index (χ3v) is 7.88. The summed E-state index contributed by atoms with van der Waals surface area (Å²) >= 11 is 0. The van der Waals surface area contributed by atoms with Crippen LogP contribution in [0.4, 0.5) is 5.82 Å². The van der Waals surface area contributed by atoms with Gasteiger partial charge >= 0.3 is 13.5 Å². The lowest BCUT2D eigenvalue weighted by molar-refractivity contribution is -0.109. The molecular formula is C21H26N7O12P. The number of rotatable bonds is 9. The van der Waals surface area contributed by atoms with E-state index in [2.05, 4.69) is 19.9 Å². The van der Waals surface area contributed by atoms with Crippen LogP contribution in [0.1, 0.15) is 12.5 Å². The van der Waals surface area contributed by atoms with E-state index in [-0.39, 0.29) is 19.2 Å². The van der Waals surface area contributed by atoms with Crippen molar-refractivity contribution in [1.82, 2.24) is 29.1 Å². The van der Waals surface area contributed by atoms with Gasteiger partial charge in [-0.15, -0.1) is 0 Å². The molecule has 3 aliphatic rings. The Labute approximate surface area is 229 Å². The van der Waals surface area contributed by atoms with E-state index >= 15 is 0 Å². The number of H-pyrrole nitrogens is 1. The smallest absolute Gasteiger partial charge is 0.387 e. The fourth-order valence-corrected chi connectivity index (χ4v) is 5.97. The summed E-state index contributed by atoms with van der Waals surface area (Å²) in [6.45, 7) is -0.652. The minimum absolute atomic E-state index is 0.0508. The Morgan fingerprint density at radius 3 is 2.68 bits per heavy atom. The van der Waals surface area contributed by atoms with Gasteiger partial charge in [-0.05, 0) is 0 Å². The van der Waals surface area contributed by atoms with Gasteiger partial charge in [0.2, 0.25) is 0 Å². The highest BCUT2D eigenvalue weighted by molar-refractivity contribution is 7.47. The molecule has 6 heterocycles. The molecule has 1 unspecified atom stereocenters. The number of nitrogens with zero attached hydrogens (tertiary/aromatic N) is 5. The number of aliphatic hydroxyl groups is 1. The van der Waals surface area contributed by atoms with Gasteiger partial charge in [0.1, 0.15) is 55.3 Å². The normalized spacial score (nSPS) is 32.9. The zero-order chi connectivity index (χ0) is 28.9. The molecule has 0 spiro atoms. The summed E-state index contributed by atoms with van der Waals surface area (Å²) in [5, 5.41) is 10.8. The second-order valence-corrected chi connectivity index (χ2v) is 10.8. The molecule has 0 aliphatic carbocycles. The molecule has 0 aromatic carbocycles. The predicted octanol–water partition coefficient (Wildman–Crippen LogP) is -2.00. The van der Waals surface area contributed by atoms with Crippen molar-refractivity contribution in [3.8, 4) is 0 Å². The Kier molecular flexibility index (Phi) is 7.49. The molecule has 0 bridgehead atoms. The number of methoxy groups -OCH3 is 1. The summed E-state index contributed by atoms with van der Waals surface area (Å²) in [6.07, 6.45) is -4.64. The van der Waals surface area contributed by atoms with Crippen molar-refractivity contribution in [2.24, 2.45) is 0 Å². The number of phosphoric ester groups is 1. The van der Waals surface area contributed by atoms with Gasteiger partial charge in [0.25, 0.3) is 5.56 Å². The number of nitrogens with two attached hydrogens (primary N) is 1. The topological polar surface area (TPSA) is 247 Å². The second kappa shape index (κ2) is 11.0. The summed E-state index contributed by atoms with van der Waals surface area (Å²) in [7, 11) is -3.56. The van der Waals surface area contributed by atoms with Gasteiger partial charge in [-0.25, -0.2) is 24.3 Å². The molecule has 41 heavy (non-hydrogen) atoms. The van der Waals surface area contributed by atoms with Gasteiger partial charge in [-0.2, -0.15) is 0 Å². The summed E-state index contributed by atoms with van der Waals surface area (Å²) in [6, 6.07) is 1.05. The Morgan fingerprint density at radius 2 is 1.90 bits per heavy atom.